The van der Waals surface area contributed by atoms with E-state index in [4.69, 9.17) is 9.47 Å². The predicted octanol–water partition coefficient (Wildman–Crippen LogP) is 3.33. The molecule has 106 valence electrons. The molecule has 20 heavy (non-hydrogen) atoms. The minimum absolute atomic E-state index is 0.326. The first-order chi connectivity index (χ1) is 9.65. The van der Waals surface area contributed by atoms with Crippen LogP contribution in [0, 0.1) is 6.92 Å². The van der Waals surface area contributed by atoms with Crippen LogP contribution in [0.1, 0.15) is 11.1 Å². The van der Waals surface area contributed by atoms with Gasteiger partial charge in [-0.15, -0.1) is 0 Å². The summed E-state index contributed by atoms with van der Waals surface area (Å²) in [4.78, 5) is 0. The number of aromatic hydroxyl groups is 1. The Labute approximate surface area is 119 Å². The van der Waals surface area contributed by atoms with Crippen LogP contribution in [0.25, 0.3) is 0 Å². The maximum atomic E-state index is 9.99. The van der Waals surface area contributed by atoms with E-state index in [1.54, 1.807) is 14.2 Å². The van der Waals surface area contributed by atoms with Crippen molar-refractivity contribution in [3.63, 3.8) is 0 Å². The lowest BCUT2D eigenvalue weighted by Gasteiger charge is -2.13. The highest BCUT2D eigenvalue weighted by Crippen LogP contribution is 2.30. The molecule has 0 bridgehead atoms. The summed E-state index contributed by atoms with van der Waals surface area (Å²) in [5.74, 6) is 1.77. The van der Waals surface area contributed by atoms with Gasteiger partial charge in [0, 0.05) is 18.2 Å². The van der Waals surface area contributed by atoms with Crippen molar-refractivity contribution in [1.29, 1.82) is 0 Å². The summed E-state index contributed by atoms with van der Waals surface area (Å²) in [6.07, 6.45) is 0. The monoisotopic (exact) mass is 273 g/mol. The van der Waals surface area contributed by atoms with Gasteiger partial charge in [0.25, 0.3) is 0 Å². The van der Waals surface area contributed by atoms with Crippen LogP contribution in [0.2, 0.25) is 0 Å². The number of ether oxygens (including phenoxy) is 2. The highest BCUT2D eigenvalue weighted by molar-refractivity contribution is 5.59. The maximum absolute atomic E-state index is 9.99. The molecule has 0 radical (unpaired) electrons. The number of benzene rings is 2. The number of aryl methyl sites for hydroxylation is 1. The normalized spacial score (nSPS) is 10.2. The van der Waals surface area contributed by atoms with Gasteiger partial charge in [-0.05, 0) is 24.6 Å². The van der Waals surface area contributed by atoms with E-state index in [9.17, 15) is 5.11 Å². The number of nitrogens with one attached hydrogen (secondary N) is 1. The predicted molar refractivity (Wildman–Crippen MR) is 79.7 cm³/mol. The van der Waals surface area contributed by atoms with Crippen LogP contribution < -0.4 is 14.8 Å². The summed E-state index contributed by atoms with van der Waals surface area (Å²) in [7, 11) is 3.23. The molecule has 0 fully saturated rings. The zero-order valence-corrected chi connectivity index (χ0v) is 11.9. The molecular formula is C16H19NO3. The fourth-order valence-corrected chi connectivity index (χ4v) is 2.00. The van der Waals surface area contributed by atoms with E-state index in [2.05, 4.69) is 5.32 Å². The molecule has 0 aliphatic heterocycles. The summed E-state index contributed by atoms with van der Waals surface area (Å²) in [6, 6.07) is 11.3. The average molecular weight is 273 g/mol. The molecule has 2 rings (SSSR count). The number of hydrogen-bond acceptors (Lipinski definition) is 4. The standard InChI is InChI=1S/C16H19NO3/c1-11-5-4-6-12(16(11)18)10-17-14-8-7-13(19-2)9-15(14)20-3/h4-9,17-18H,10H2,1-3H3. The number of anilines is 1. The van der Waals surface area contributed by atoms with Gasteiger partial charge in [-0.3, -0.25) is 0 Å². The van der Waals surface area contributed by atoms with E-state index in [1.807, 2.05) is 43.3 Å². The van der Waals surface area contributed by atoms with Gasteiger partial charge in [-0.1, -0.05) is 18.2 Å². The van der Waals surface area contributed by atoms with Crippen LogP contribution in [0.4, 0.5) is 5.69 Å². The van der Waals surface area contributed by atoms with Gasteiger partial charge in [-0.2, -0.15) is 0 Å². The SMILES string of the molecule is COc1ccc(NCc2cccc(C)c2O)c(OC)c1. The summed E-state index contributed by atoms with van der Waals surface area (Å²) >= 11 is 0. The Hall–Kier alpha value is -2.36. The molecule has 0 saturated heterocycles. The van der Waals surface area contributed by atoms with Crippen molar-refractivity contribution in [3.05, 3.63) is 47.5 Å². The largest absolute Gasteiger partial charge is 0.507 e. The topological polar surface area (TPSA) is 50.7 Å². The van der Waals surface area contributed by atoms with E-state index in [1.165, 1.54) is 0 Å². The first-order valence-corrected chi connectivity index (χ1v) is 6.39. The molecule has 2 aromatic carbocycles. The van der Waals surface area contributed by atoms with Gasteiger partial charge >= 0.3 is 0 Å². The van der Waals surface area contributed by atoms with Gasteiger partial charge in [0.1, 0.15) is 17.2 Å². The van der Waals surface area contributed by atoms with Crippen LogP contribution in [0.15, 0.2) is 36.4 Å². The van der Waals surface area contributed by atoms with Gasteiger partial charge < -0.3 is 19.9 Å². The minimum Gasteiger partial charge on any atom is -0.507 e. The molecule has 0 atom stereocenters. The lowest BCUT2D eigenvalue weighted by atomic mass is 10.1. The first-order valence-electron chi connectivity index (χ1n) is 6.39. The summed E-state index contributed by atoms with van der Waals surface area (Å²) in [5, 5.41) is 13.3. The minimum atomic E-state index is 0.326. The van der Waals surface area contributed by atoms with E-state index in [0.717, 1.165) is 22.6 Å². The number of phenolic OH excluding ortho intramolecular Hbond substituents is 1. The summed E-state index contributed by atoms with van der Waals surface area (Å²) in [5.41, 5.74) is 2.57. The quantitative estimate of drug-likeness (QED) is 0.877. The Bertz CT molecular complexity index is 596. The van der Waals surface area contributed by atoms with Gasteiger partial charge in [0.05, 0.1) is 19.9 Å². The Balaban J connectivity index is 2.16. The summed E-state index contributed by atoms with van der Waals surface area (Å²) < 4.78 is 10.5. The molecule has 0 aliphatic rings. The molecule has 2 aromatic rings. The van der Waals surface area contributed by atoms with Gasteiger partial charge in [0.15, 0.2) is 0 Å². The van der Waals surface area contributed by atoms with E-state index >= 15 is 0 Å². The smallest absolute Gasteiger partial charge is 0.145 e. The maximum Gasteiger partial charge on any atom is 0.145 e. The van der Waals surface area contributed by atoms with Crippen molar-refractivity contribution < 1.29 is 14.6 Å². The zero-order valence-electron chi connectivity index (χ0n) is 11.9. The molecule has 2 N–H and O–H groups in total. The number of methoxy groups -OCH3 is 2. The molecule has 4 nitrogen and oxygen atoms in total. The van der Waals surface area contributed by atoms with Gasteiger partial charge in [-0.25, -0.2) is 0 Å². The molecule has 0 aliphatic carbocycles. The van der Waals surface area contributed by atoms with Crippen LogP contribution in [-0.2, 0) is 6.54 Å². The lowest BCUT2D eigenvalue weighted by Crippen LogP contribution is -2.02. The highest BCUT2D eigenvalue weighted by atomic mass is 16.5. The number of para-hydroxylation sites is 1. The third-order valence-electron chi connectivity index (χ3n) is 3.20. The van der Waals surface area contributed by atoms with Crippen molar-refractivity contribution >= 4 is 5.69 Å². The fourth-order valence-electron chi connectivity index (χ4n) is 2.00. The van der Waals surface area contributed by atoms with Crippen molar-refractivity contribution in [2.45, 2.75) is 13.5 Å². The van der Waals surface area contributed by atoms with E-state index in [-0.39, 0.29) is 0 Å². The second-order valence-corrected chi connectivity index (χ2v) is 4.50. The van der Waals surface area contributed by atoms with Crippen LogP contribution in [-0.4, -0.2) is 19.3 Å². The van der Waals surface area contributed by atoms with Crippen molar-refractivity contribution in [3.8, 4) is 17.2 Å². The zero-order chi connectivity index (χ0) is 14.5. The third-order valence-corrected chi connectivity index (χ3v) is 3.20. The van der Waals surface area contributed by atoms with E-state index < -0.39 is 0 Å². The second kappa shape index (κ2) is 6.19. The lowest BCUT2D eigenvalue weighted by molar-refractivity contribution is 0.395. The molecule has 0 heterocycles. The molecule has 4 heteroatoms. The Morgan fingerprint density at radius 1 is 1.10 bits per heavy atom. The van der Waals surface area contributed by atoms with Crippen molar-refractivity contribution in [2.75, 3.05) is 19.5 Å². The Kier molecular flexibility index (Phi) is 4.35. The molecule has 0 aromatic heterocycles. The third kappa shape index (κ3) is 2.96. The summed E-state index contributed by atoms with van der Waals surface area (Å²) in [6.45, 7) is 2.41. The molecule has 0 spiro atoms. The molecule has 0 saturated carbocycles. The number of hydrogen-bond donors (Lipinski definition) is 2. The first kappa shape index (κ1) is 14.1. The van der Waals surface area contributed by atoms with Crippen LogP contribution in [0.3, 0.4) is 0 Å². The average Bonchev–Trinajstić information content (AvgIpc) is 2.48. The van der Waals surface area contributed by atoms with E-state index in [0.29, 0.717) is 18.0 Å². The molecule has 0 amide bonds. The molecular weight excluding hydrogens is 254 g/mol. The van der Waals surface area contributed by atoms with Crippen molar-refractivity contribution in [1.82, 2.24) is 0 Å². The van der Waals surface area contributed by atoms with Crippen LogP contribution >= 0.6 is 0 Å². The van der Waals surface area contributed by atoms with Gasteiger partial charge in [0.2, 0.25) is 0 Å². The second-order valence-electron chi connectivity index (χ2n) is 4.50. The van der Waals surface area contributed by atoms with Crippen LogP contribution in [0.5, 0.6) is 17.2 Å². The Morgan fingerprint density at radius 3 is 2.60 bits per heavy atom. The fraction of sp³-hybridized carbons (Fsp3) is 0.250. The molecule has 0 unspecified atom stereocenters. The number of rotatable bonds is 5. The van der Waals surface area contributed by atoms with Crippen molar-refractivity contribution in [2.24, 2.45) is 0 Å². The number of phenols is 1. The Morgan fingerprint density at radius 2 is 1.90 bits per heavy atom. The highest BCUT2D eigenvalue weighted by Gasteiger charge is 2.07.